The predicted molar refractivity (Wildman–Crippen MR) is 49.7 cm³/mol. The van der Waals surface area contributed by atoms with Gasteiger partial charge in [0.25, 0.3) is 0 Å². The Morgan fingerprint density at radius 2 is 2.43 bits per heavy atom. The predicted octanol–water partition coefficient (Wildman–Crippen LogP) is 1.36. The van der Waals surface area contributed by atoms with Crippen LogP contribution in [0, 0.1) is 5.92 Å². The fourth-order valence-corrected chi connectivity index (χ4v) is 1.46. The molecule has 4 nitrogen and oxygen atoms in total. The maximum Gasteiger partial charge on any atom is 0.306 e. The van der Waals surface area contributed by atoms with Crippen molar-refractivity contribution >= 4 is 11.8 Å². The van der Waals surface area contributed by atoms with Gasteiger partial charge in [-0.3, -0.25) is 9.59 Å². The summed E-state index contributed by atoms with van der Waals surface area (Å²) in [4.78, 5) is 22.0. The fraction of sp³-hybridized carbons (Fsp3) is 0.600. The maximum absolute atomic E-state index is 11.3. The van der Waals surface area contributed by atoms with E-state index in [0.717, 1.165) is 0 Å². The van der Waals surface area contributed by atoms with E-state index >= 15 is 0 Å². The average molecular weight is 198 g/mol. The minimum Gasteiger partial charge on any atom is -0.501 e. The van der Waals surface area contributed by atoms with Gasteiger partial charge >= 0.3 is 5.97 Å². The largest absolute Gasteiger partial charge is 0.501 e. The van der Waals surface area contributed by atoms with Gasteiger partial charge in [-0.05, 0) is 19.8 Å². The van der Waals surface area contributed by atoms with Crippen LogP contribution >= 0.6 is 0 Å². The number of ether oxygens (including phenoxy) is 1. The molecule has 1 saturated carbocycles. The molecule has 0 amide bonds. The summed E-state index contributed by atoms with van der Waals surface area (Å²) in [6.45, 7) is 2.31. The van der Waals surface area contributed by atoms with Gasteiger partial charge < -0.3 is 9.84 Å². The Bertz CT molecular complexity index is 267. The summed E-state index contributed by atoms with van der Waals surface area (Å²) < 4.78 is 5.00. The number of aliphatic carboxylic acids is 1. The normalized spacial score (nSPS) is 25.1. The molecule has 1 aliphatic carbocycles. The summed E-state index contributed by atoms with van der Waals surface area (Å²) >= 11 is 0. The van der Waals surface area contributed by atoms with E-state index in [0.29, 0.717) is 31.4 Å². The van der Waals surface area contributed by atoms with Crippen LogP contribution in [0.4, 0.5) is 0 Å². The second-order valence-corrected chi connectivity index (χ2v) is 3.30. The molecule has 0 bridgehead atoms. The van der Waals surface area contributed by atoms with Gasteiger partial charge in [0.05, 0.1) is 18.8 Å². The van der Waals surface area contributed by atoms with Crippen molar-refractivity contribution in [3.8, 4) is 0 Å². The molecule has 0 aromatic rings. The summed E-state index contributed by atoms with van der Waals surface area (Å²) in [5, 5.41) is 8.79. The Kier molecular flexibility index (Phi) is 3.68. The number of ketones is 1. The molecule has 0 aliphatic heterocycles. The standard InChI is InChI=1S/C10H14O4/c1-2-14-6-8-5-7(10(12)13)3-4-9(8)11/h6-7H,2-5H2,1H3,(H,12,13)/b8-6-. The van der Waals surface area contributed by atoms with Gasteiger partial charge in [-0.2, -0.15) is 0 Å². The topological polar surface area (TPSA) is 63.6 Å². The third kappa shape index (κ3) is 2.58. The van der Waals surface area contributed by atoms with E-state index in [1.807, 2.05) is 6.92 Å². The highest BCUT2D eigenvalue weighted by Gasteiger charge is 2.28. The Hall–Kier alpha value is -1.32. The zero-order valence-electron chi connectivity index (χ0n) is 8.16. The minimum absolute atomic E-state index is 0.0101. The Morgan fingerprint density at radius 3 is 3.00 bits per heavy atom. The van der Waals surface area contributed by atoms with Crippen molar-refractivity contribution in [1.29, 1.82) is 0 Å². The average Bonchev–Trinajstić information content (AvgIpc) is 2.16. The van der Waals surface area contributed by atoms with Crippen LogP contribution in [0.25, 0.3) is 0 Å². The second kappa shape index (κ2) is 4.79. The number of hydrogen-bond donors (Lipinski definition) is 1. The molecule has 0 heterocycles. The van der Waals surface area contributed by atoms with Crippen molar-refractivity contribution in [2.45, 2.75) is 26.2 Å². The Morgan fingerprint density at radius 1 is 1.71 bits per heavy atom. The number of rotatable bonds is 3. The molecule has 0 aromatic carbocycles. The molecule has 0 saturated heterocycles. The summed E-state index contributed by atoms with van der Waals surface area (Å²) in [5.74, 6) is -1.25. The molecule has 0 aromatic heterocycles. The highest BCUT2D eigenvalue weighted by molar-refractivity contribution is 5.97. The first-order chi connectivity index (χ1) is 6.65. The molecule has 1 unspecified atom stereocenters. The quantitative estimate of drug-likeness (QED) is 0.549. The smallest absolute Gasteiger partial charge is 0.306 e. The van der Waals surface area contributed by atoms with E-state index in [2.05, 4.69) is 0 Å². The number of Topliss-reactive ketones (excluding diaryl/α,β-unsaturated/α-hetero) is 1. The Balaban J connectivity index is 2.64. The molecule has 1 fully saturated rings. The van der Waals surface area contributed by atoms with Crippen LogP contribution in [0.5, 0.6) is 0 Å². The molecule has 1 aliphatic rings. The molecule has 78 valence electrons. The number of carbonyl (C=O) groups excluding carboxylic acids is 1. The lowest BCUT2D eigenvalue weighted by Gasteiger charge is -2.19. The number of carbonyl (C=O) groups is 2. The van der Waals surface area contributed by atoms with Crippen LogP contribution in [0.1, 0.15) is 26.2 Å². The molecule has 1 rings (SSSR count). The molecule has 4 heteroatoms. The van der Waals surface area contributed by atoms with E-state index < -0.39 is 11.9 Å². The number of hydrogen-bond acceptors (Lipinski definition) is 3. The molecule has 1 N–H and O–H groups in total. The monoisotopic (exact) mass is 198 g/mol. The van der Waals surface area contributed by atoms with Gasteiger partial charge in [0, 0.05) is 12.0 Å². The molecule has 14 heavy (non-hydrogen) atoms. The lowest BCUT2D eigenvalue weighted by Crippen LogP contribution is -2.23. The molecular weight excluding hydrogens is 184 g/mol. The SMILES string of the molecule is CCO/C=C1/CC(C(=O)O)CCC1=O. The summed E-state index contributed by atoms with van der Waals surface area (Å²) in [6, 6.07) is 0. The van der Waals surface area contributed by atoms with Crippen LogP contribution < -0.4 is 0 Å². The van der Waals surface area contributed by atoms with Gasteiger partial charge in [0.1, 0.15) is 0 Å². The maximum atomic E-state index is 11.3. The van der Waals surface area contributed by atoms with Gasteiger partial charge in [0.15, 0.2) is 5.78 Å². The van der Waals surface area contributed by atoms with E-state index in [1.54, 1.807) is 0 Å². The first-order valence-corrected chi connectivity index (χ1v) is 4.71. The van der Waals surface area contributed by atoms with Crippen molar-refractivity contribution in [3.05, 3.63) is 11.8 Å². The highest BCUT2D eigenvalue weighted by atomic mass is 16.5. The number of carboxylic acid groups (broad SMARTS) is 1. The van der Waals surface area contributed by atoms with Crippen molar-refractivity contribution in [2.24, 2.45) is 5.92 Å². The second-order valence-electron chi connectivity index (χ2n) is 3.30. The lowest BCUT2D eigenvalue weighted by molar-refractivity contribution is -0.142. The van der Waals surface area contributed by atoms with Gasteiger partial charge in [0.2, 0.25) is 0 Å². The van der Waals surface area contributed by atoms with Gasteiger partial charge in [-0.15, -0.1) is 0 Å². The molecule has 0 radical (unpaired) electrons. The van der Waals surface area contributed by atoms with Crippen molar-refractivity contribution in [3.63, 3.8) is 0 Å². The zero-order chi connectivity index (χ0) is 10.6. The van der Waals surface area contributed by atoms with E-state index in [4.69, 9.17) is 9.84 Å². The first kappa shape index (κ1) is 10.8. The van der Waals surface area contributed by atoms with E-state index in [-0.39, 0.29) is 5.78 Å². The molecular formula is C10H14O4. The number of carboxylic acids is 1. The molecule has 1 atom stereocenters. The van der Waals surface area contributed by atoms with Crippen LogP contribution in [0.2, 0.25) is 0 Å². The Labute approximate surface area is 82.6 Å². The van der Waals surface area contributed by atoms with Gasteiger partial charge in [-0.25, -0.2) is 0 Å². The number of allylic oxidation sites excluding steroid dienone is 1. The fourth-order valence-electron chi connectivity index (χ4n) is 1.46. The summed E-state index contributed by atoms with van der Waals surface area (Å²) in [5.41, 5.74) is 0.505. The zero-order valence-corrected chi connectivity index (χ0v) is 8.16. The lowest BCUT2D eigenvalue weighted by atomic mass is 9.85. The van der Waals surface area contributed by atoms with Crippen molar-refractivity contribution in [1.82, 2.24) is 0 Å². The van der Waals surface area contributed by atoms with Crippen LogP contribution in [0.3, 0.4) is 0 Å². The molecule has 0 spiro atoms. The van der Waals surface area contributed by atoms with Crippen LogP contribution in [0.15, 0.2) is 11.8 Å². The third-order valence-corrected chi connectivity index (χ3v) is 2.29. The van der Waals surface area contributed by atoms with Gasteiger partial charge in [-0.1, -0.05) is 0 Å². The van der Waals surface area contributed by atoms with Crippen LogP contribution in [-0.4, -0.2) is 23.5 Å². The van der Waals surface area contributed by atoms with Crippen molar-refractivity contribution < 1.29 is 19.4 Å². The first-order valence-electron chi connectivity index (χ1n) is 4.71. The third-order valence-electron chi connectivity index (χ3n) is 2.29. The van der Waals surface area contributed by atoms with E-state index in [9.17, 15) is 9.59 Å². The minimum atomic E-state index is -0.833. The summed E-state index contributed by atoms with van der Waals surface area (Å²) in [6.07, 6.45) is 2.46. The summed E-state index contributed by atoms with van der Waals surface area (Å²) in [7, 11) is 0. The van der Waals surface area contributed by atoms with E-state index in [1.165, 1.54) is 6.26 Å². The highest BCUT2D eigenvalue weighted by Crippen LogP contribution is 2.26. The van der Waals surface area contributed by atoms with Crippen molar-refractivity contribution in [2.75, 3.05) is 6.61 Å². The van der Waals surface area contributed by atoms with Crippen LogP contribution in [-0.2, 0) is 14.3 Å².